The lowest BCUT2D eigenvalue weighted by molar-refractivity contribution is -0.384. The van der Waals surface area contributed by atoms with Gasteiger partial charge < -0.3 is 4.74 Å². The highest BCUT2D eigenvalue weighted by atomic mass is 35.5. The van der Waals surface area contributed by atoms with Gasteiger partial charge in [-0.05, 0) is 11.6 Å². The maximum absolute atomic E-state index is 13.2. The van der Waals surface area contributed by atoms with Crippen molar-refractivity contribution in [1.29, 1.82) is 0 Å². The Morgan fingerprint density at radius 1 is 1.32 bits per heavy atom. The molecule has 0 bridgehead atoms. The third kappa shape index (κ3) is 3.92. The van der Waals surface area contributed by atoms with Gasteiger partial charge in [0.15, 0.2) is 0 Å². The third-order valence-corrected chi connectivity index (χ3v) is 2.97. The van der Waals surface area contributed by atoms with E-state index in [9.17, 15) is 19.3 Å². The molecule has 22 heavy (non-hydrogen) atoms. The molecule has 0 aromatic heterocycles. The predicted octanol–water partition coefficient (Wildman–Crippen LogP) is 4.14. The molecule has 0 spiro atoms. The first-order valence-electron chi connectivity index (χ1n) is 6.08. The van der Waals surface area contributed by atoms with Crippen LogP contribution < -0.4 is 5.32 Å². The van der Waals surface area contributed by atoms with E-state index in [0.29, 0.717) is 6.07 Å². The number of nitrogens with one attached hydrogen (secondary N) is 1. The summed E-state index contributed by atoms with van der Waals surface area (Å²) in [5.74, 6) is -0.948. The Balaban J connectivity index is 2.08. The molecular weight excluding hydrogens is 315 g/mol. The van der Waals surface area contributed by atoms with Crippen LogP contribution in [0.25, 0.3) is 0 Å². The van der Waals surface area contributed by atoms with Crippen LogP contribution in [-0.2, 0) is 11.3 Å². The van der Waals surface area contributed by atoms with E-state index in [0.717, 1.165) is 11.6 Å². The summed E-state index contributed by atoms with van der Waals surface area (Å²) in [7, 11) is 0. The van der Waals surface area contributed by atoms with Crippen molar-refractivity contribution in [3.8, 4) is 0 Å². The number of hydrogen-bond donors (Lipinski definition) is 1. The fourth-order valence-electron chi connectivity index (χ4n) is 1.66. The van der Waals surface area contributed by atoms with Gasteiger partial charge in [-0.3, -0.25) is 15.4 Å². The largest absolute Gasteiger partial charge is 0.444 e. The summed E-state index contributed by atoms with van der Waals surface area (Å²) in [5, 5.41) is 12.7. The summed E-state index contributed by atoms with van der Waals surface area (Å²) in [6.07, 6.45) is -0.908. The number of carbonyl (C=O) groups excluding carboxylic acids is 1. The predicted molar refractivity (Wildman–Crippen MR) is 78.3 cm³/mol. The maximum Gasteiger partial charge on any atom is 0.412 e. The van der Waals surface area contributed by atoms with Crippen LogP contribution in [0.4, 0.5) is 20.6 Å². The summed E-state index contributed by atoms with van der Waals surface area (Å²) in [6.45, 7) is -0.00457. The molecule has 6 nitrogen and oxygen atoms in total. The topological polar surface area (TPSA) is 81.5 Å². The van der Waals surface area contributed by atoms with Crippen LogP contribution in [0.5, 0.6) is 0 Å². The Morgan fingerprint density at radius 2 is 2.00 bits per heavy atom. The summed E-state index contributed by atoms with van der Waals surface area (Å²) in [4.78, 5) is 21.7. The zero-order valence-electron chi connectivity index (χ0n) is 11.1. The van der Waals surface area contributed by atoms with Gasteiger partial charge in [-0.15, -0.1) is 0 Å². The van der Waals surface area contributed by atoms with E-state index in [4.69, 9.17) is 16.3 Å². The van der Waals surface area contributed by atoms with Crippen LogP contribution in [0, 0.1) is 15.9 Å². The summed E-state index contributed by atoms with van der Waals surface area (Å²) in [6, 6.07) is 10.5. The second kappa shape index (κ2) is 6.86. The Hall–Kier alpha value is -2.67. The molecule has 0 aliphatic heterocycles. The smallest absolute Gasteiger partial charge is 0.412 e. The first-order chi connectivity index (χ1) is 10.5. The van der Waals surface area contributed by atoms with Gasteiger partial charge in [-0.2, -0.15) is 0 Å². The van der Waals surface area contributed by atoms with E-state index in [1.807, 2.05) is 6.07 Å². The molecule has 0 aliphatic carbocycles. The number of hydrogen-bond acceptors (Lipinski definition) is 4. The average Bonchev–Trinajstić information content (AvgIpc) is 2.49. The van der Waals surface area contributed by atoms with Crippen molar-refractivity contribution < 1.29 is 18.8 Å². The highest BCUT2D eigenvalue weighted by molar-refractivity contribution is 6.31. The zero-order chi connectivity index (χ0) is 16.1. The summed E-state index contributed by atoms with van der Waals surface area (Å²) < 4.78 is 18.2. The number of carbonyl (C=O) groups is 1. The molecule has 0 saturated carbocycles. The van der Waals surface area contributed by atoms with Crippen molar-refractivity contribution in [3.05, 3.63) is 69.0 Å². The average molecular weight is 325 g/mol. The van der Waals surface area contributed by atoms with Crippen molar-refractivity contribution in [2.45, 2.75) is 6.61 Å². The zero-order valence-corrected chi connectivity index (χ0v) is 11.8. The molecule has 0 aliphatic rings. The fourth-order valence-corrected chi connectivity index (χ4v) is 1.82. The summed E-state index contributed by atoms with van der Waals surface area (Å²) >= 11 is 5.56. The highest BCUT2D eigenvalue weighted by Crippen LogP contribution is 2.30. The number of rotatable bonds is 4. The Bertz CT molecular complexity index is 709. The number of nitro benzene ring substituents is 1. The SMILES string of the molecule is O=C(Nc1cc(Cl)c(F)cc1[N+](=O)[O-])OCc1ccccc1. The van der Waals surface area contributed by atoms with Crippen molar-refractivity contribution in [3.63, 3.8) is 0 Å². The standard InChI is InChI=1S/C14H10ClFN2O4/c15-10-6-12(13(18(20)21)7-11(10)16)17-14(19)22-8-9-4-2-1-3-5-9/h1-7H,8H2,(H,17,19). The van der Waals surface area contributed by atoms with Crippen LogP contribution >= 0.6 is 11.6 Å². The number of nitrogens with zero attached hydrogens (tertiary/aromatic N) is 1. The van der Waals surface area contributed by atoms with Gasteiger partial charge in [-0.25, -0.2) is 9.18 Å². The molecule has 2 rings (SSSR count). The quantitative estimate of drug-likeness (QED) is 0.677. The molecule has 0 fully saturated rings. The molecule has 0 atom stereocenters. The van der Waals surface area contributed by atoms with Crippen LogP contribution in [-0.4, -0.2) is 11.0 Å². The maximum atomic E-state index is 13.2. The van der Waals surface area contributed by atoms with Crippen LogP contribution in [0.15, 0.2) is 42.5 Å². The molecule has 2 aromatic rings. The highest BCUT2D eigenvalue weighted by Gasteiger charge is 2.20. The van der Waals surface area contributed by atoms with Gasteiger partial charge in [0.05, 0.1) is 16.0 Å². The van der Waals surface area contributed by atoms with E-state index < -0.39 is 22.5 Å². The molecule has 114 valence electrons. The minimum atomic E-state index is -0.948. The van der Waals surface area contributed by atoms with Gasteiger partial charge in [0.25, 0.3) is 5.69 Å². The van der Waals surface area contributed by atoms with Crippen molar-refractivity contribution in [2.75, 3.05) is 5.32 Å². The van der Waals surface area contributed by atoms with Crippen LogP contribution in [0.3, 0.4) is 0 Å². The Kier molecular flexibility index (Phi) is 4.90. The second-order valence-corrected chi connectivity index (χ2v) is 4.63. The van der Waals surface area contributed by atoms with E-state index >= 15 is 0 Å². The van der Waals surface area contributed by atoms with E-state index in [2.05, 4.69) is 5.32 Å². The van der Waals surface area contributed by atoms with Crippen LogP contribution in [0.1, 0.15) is 5.56 Å². The molecular formula is C14H10ClFN2O4. The van der Waals surface area contributed by atoms with Crippen LogP contribution in [0.2, 0.25) is 5.02 Å². The summed E-state index contributed by atoms with van der Waals surface area (Å²) in [5.41, 5.74) is -0.0997. The van der Waals surface area contributed by atoms with Crippen molar-refractivity contribution in [2.24, 2.45) is 0 Å². The normalized spacial score (nSPS) is 10.1. The number of amides is 1. The fraction of sp³-hybridized carbons (Fsp3) is 0.0714. The minimum absolute atomic E-state index is 0.00457. The minimum Gasteiger partial charge on any atom is -0.444 e. The second-order valence-electron chi connectivity index (χ2n) is 4.23. The van der Waals surface area contributed by atoms with E-state index in [-0.39, 0.29) is 17.3 Å². The lowest BCUT2D eigenvalue weighted by Crippen LogP contribution is -2.14. The lowest BCUT2D eigenvalue weighted by atomic mass is 10.2. The van der Waals surface area contributed by atoms with Crippen molar-refractivity contribution >= 4 is 29.1 Å². The van der Waals surface area contributed by atoms with Crippen molar-refractivity contribution in [1.82, 2.24) is 0 Å². The van der Waals surface area contributed by atoms with Gasteiger partial charge in [0, 0.05) is 0 Å². The molecule has 1 N–H and O–H groups in total. The Morgan fingerprint density at radius 3 is 2.64 bits per heavy atom. The third-order valence-electron chi connectivity index (χ3n) is 2.68. The molecule has 0 radical (unpaired) electrons. The first-order valence-corrected chi connectivity index (χ1v) is 6.46. The number of nitro groups is 1. The molecule has 1 amide bonds. The molecule has 0 heterocycles. The number of benzene rings is 2. The van der Waals surface area contributed by atoms with E-state index in [1.165, 1.54) is 0 Å². The van der Waals surface area contributed by atoms with Gasteiger partial charge in [0.1, 0.15) is 18.1 Å². The van der Waals surface area contributed by atoms with Gasteiger partial charge in [-0.1, -0.05) is 41.9 Å². The van der Waals surface area contributed by atoms with Gasteiger partial charge >= 0.3 is 6.09 Å². The molecule has 0 unspecified atom stereocenters. The Labute approximate surface area is 129 Å². The first kappa shape index (κ1) is 15.7. The van der Waals surface area contributed by atoms with E-state index in [1.54, 1.807) is 24.3 Å². The molecule has 8 heteroatoms. The lowest BCUT2D eigenvalue weighted by Gasteiger charge is -2.08. The molecule has 2 aromatic carbocycles. The monoisotopic (exact) mass is 324 g/mol. The molecule has 0 saturated heterocycles. The number of ether oxygens (including phenoxy) is 1. The van der Waals surface area contributed by atoms with Gasteiger partial charge in [0.2, 0.25) is 0 Å². The number of anilines is 1. The number of halogens is 2.